The van der Waals surface area contributed by atoms with Crippen molar-refractivity contribution in [3.63, 3.8) is 0 Å². The highest BCUT2D eigenvalue weighted by Gasteiger charge is 2.13. The Kier molecular flexibility index (Phi) is 4.08. The van der Waals surface area contributed by atoms with Crippen molar-refractivity contribution < 1.29 is 0 Å². The minimum atomic E-state index is 0.146. The Bertz CT molecular complexity index is 327. The number of hydrogen-bond donors (Lipinski definition) is 1. The molecule has 1 nitrogen and oxygen atoms in total. The van der Waals surface area contributed by atoms with Crippen LogP contribution in [0, 0.1) is 0 Å². The first-order chi connectivity index (χ1) is 7.18. The Labute approximate surface area is 104 Å². The van der Waals surface area contributed by atoms with Gasteiger partial charge in [-0.15, -0.1) is 0 Å². The van der Waals surface area contributed by atoms with E-state index in [0.29, 0.717) is 0 Å². The number of rotatable bonds is 2. The molecule has 0 atom stereocenters. The molecular weight excluding hydrogens is 214 g/mol. The summed E-state index contributed by atoms with van der Waals surface area (Å²) in [6, 6.07) is 8.80. The molecule has 0 radical (unpaired) electrons. The lowest BCUT2D eigenvalue weighted by Gasteiger charge is -2.21. The summed E-state index contributed by atoms with van der Waals surface area (Å²) in [5, 5.41) is 0. The second-order valence-corrected chi connectivity index (χ2v) is 7.11. The van der Waals surface area contributed by atoms with E-state index in [-0.39, 0.29) is 11.0 Å². The Hall–Kier alpha value is -0.470. The van der Waals surface area contributed by atoms with E-state index in [9.17, 15) is 0 Å². The summed E-state index contributed by atoms with van der Waals surface area (Å²) in [5.41, 5.74) is 1.76. The SMILES string of the molecule is CC(C)(C)NSc1ccc(C(C)(C)C)cc1. The molecule has 16 heavy (non-hydrogen) atoms. The smallest absolute Gasteiger partial charge is 0.0228 e. The lowest BCUT2D eigenvalue weighted by Crippen LogP contribution is -2.29. The van der Waals surface area contributed by atoms with E-state index < -0.39 is 0 Å². The molecule has 0 spiro atoms. The van der Waals surface area contributed by atoms with Crippen LogP contribution in [0.2, 0.25) is 0 Å². The summed E-state index contributed by atoms with van der Waals surface area (Å²) in [7, 11) is 0. The Morgan fingerprint density at radius 1 is 0.875 bits per heavy atom. The maximum atomic E-state index is 3.41. The summed E-state index contributed by atoms with van der Waals surface area (Å²) in [4.78, 5) is 1.27. The molecule has 0 amide bonds. The van der Waals surface area contributed by atoms with Crippen LogP contribution in [0.3, 0.4) is 0 Å². The summed E-state index contributed by atoms with van der Waals surface area (Å²) in [5.74, 6) is 0. The second kappa shape index (κ2) is 4.80. The summed E-state index contributed by atoms with van der Waals surface area (Å²) in [6.07, 6.45) is 0. The first kappa shape index (κ1) is 13.6. The van der Waals surface area contributed by atoms with Crippen molar-refractivity contribution in [1.82, 2.24) is 4.72 Å². The van der Waals surface area contributed by atoms with E-state index in [1.54, 1.807) is 11.9 Å². The normalized spacial score (nSPS) is 12.9. The summed E-state index contributed by atoms with van der Waals surface area (Å²) >= 11 is 1.70. The molecule has 1 aromatic carbocycles. The van der Waals surface area contributed by atoms with Crippen LogP contribution in [-0.4, -0.2) is 5.54 Å². The molecule has 90 valence electrons. The highest BCUT2D eigenvalue weighted by Crippen LogP contribution is 2.25. The van der Waals surface area contributed by atoms with Crippen LogP contribution in [0.15, 0.2) is 29.2 Å². The van der Waals surface area contributed by atoms with Crippen molar-refractivity contribution in [2.24, 2.45) is 0 Å². The molecule has 0 aliphatic carbocycles. The van der Waals surface area contributed by atoms with E-state index >= 15 is 0 Å². The zero-order chi connectivity index (χ0) is 12.4. The average molecular weight is 237 g/mol. The van der Waals surface area contributed by atoms with Crippen LogP contribution in [-0.2, 0) is 5.41 Å². The monoisotopic (exact) mass is 237 g/mol. The van der Waals surface area contributed by atoms with Crippen molar-refractivity contribution in [2.45, 2.75) is 57.4 Å². The van der Waals surface area contributed by atoms with Crippen LogP contribution in [0.25, 0.3) is 0 Å². The lowest BCUT2D eigenvalue weighted by molar-refractivity contribution is 0.535. The molecule has 0 fully saturated rings. The quantitative estimate of drug-likeness (QED) is 0.766. The minimum Gasteiger partial charge on any atom is -0.255 e. The molecule has 2 heteroatoms. The third-order valence-electron chi connectivity index (χ3n) is 2.20. The Morgan fingerprint density at radius 3 is 1.75 bits per heavy atom. The molecule has 0 bridgehead atoms. The molecule has 1 aromatic rings. The third kappa shape index (κ3) is 4.58. The number of nitrogens with one attached hydrogen (secondary N) is 1. The maximum Gasteiger partial charge on any atom is 0.0228 e. The fourth-order valence-corrected chi connectivity index (χ4v) is 1.93. The van der Waals surface area contributed by atoms with Crippen LogP contribution in [0.5, 0.6) is 0 Å². The molecule has 1 rings (SSSR count). The van der Waals surface area contributed by atoms with Gasteiger partial charge >= 0.3 is 0 Å². The number of hydrogen-bond acceptors (Lipinski definition) is 2. The molecule has 0 saturated heterocycles. The van der Waals surface area contributed by atoms with Gasteiger partial charge in [-0.1, -0.05) is 32.9 Å². The zero-order valence-electron chi connectivity index (χ0n) is 11.2. The van der Waals surface area contributed by atoms with Crippen LogP contribution >= 0.6 is 11.9 Å². The topological polar surface area (TPSA) is 12.0 Å². The largest absolute Gasteiger partial charge is 0.255 e. The summed E-state index contributed by atoms with van der Waals surface area (Å²) < 4.78 is 3.41. The van der Waals surface area contributed by atoms with E-state index in [1.165, 1.54) is 10.5 Å². The van der Waals surface area contributed by atoms with Crippen molar-refractivity contribution in [2.75, 3.05) is 0 Å². The molecular formula is C14H23NS. The predicted octanol–water partition coefficient (Wildman–Crippen LogP) is 4.38. The van der Waals surface area contributed by atoms with Crippen molar-refractivity contribution >= 4 is 11.9 Å². The zero-order valence-corrected chi connectivity index (χ0v) is 12.0. The van der Waals surface area contributed by atoms with E-state index in [4.69, 9.17) is 0 Å². The highest BCUT2D eigenvalue weighted by atomic mass is 32.2. The van der Waals surface area contributed by atoms with Crippen LogP contribution in [0.1, 0.15) is 47.1 Å². The van der Waals surface area contributed by atoms with Gasteiger partial charge in [0.2, 0.25) is 0 Å². The Morgan fingerprint density at radius 2 is 1.38 bits per heavy atom. The van der Waals surface area contributed by atoms with Crippen molar-refractivity contribution in [1.29, 1.82) is 0 Å². The van der Waals surface area contributed by atoms with Gasteiger partial charge < -0.3 is 0 Å². The molecule has 1 N–H and O–H groups in total. The van der Waals surface area contributed by atoms with Crippen molar-refractivity contribution in [3.8, 4) is 0 Å². The van der Waals surface area contributed by atoms with Crippen molar-refractivity contribution in [3.05, 3.63) is 29.8 Å². The first-order valence-corrected chi connectivity index (χ1v) is 6.55. The van der Waals surface area contributed by atoms with Gasteiger partial charge in [0, 0.05) is 10.4 Å². The van der Waals surface area contributed by atoms with Gasteiger partial charge in [-0.05, 0) is 55.8 Å². The molecule has 0 unspecified atom stereocenters. The van der Waals surface area contributed by atoms with E-state index in [2.05, 4.69) is 70.5 Å². The van der Waals surface area contributed by atoms with Crippen LogP contribution < -0.4 is 4.72 Å². The molecule has 0 aromatic heterocycles. The van der Waals surface area contributed by atoms with Gasteiger partial charge in [0.05, 0.1) is 0 Å². The first-order valence-electron chi connectivity index (χ1n) is 5.73. The fourth-order valence-electron chi connectivity index (χ4n) is 1.23. The van der Waals surface area contributed by atoms with Gasteiger partial charge in [0.15, 0.2) is 0 Å². The van der Waals surface area contributed by atoms with E-state index in [1.807, 2.05) is 0 Å². The standard InChI is InChI=1S/C14H23NS/c1-13(2,3)11-7-9-12(10-8-11)16-15-14(4,5)6/h7-10,15H,1-6H3. The highest BCUT2D eigenvalue weighted by molar-refractivity contribution is 7.97. The van der Waals surface area contributed by atoms with Gasteiger partial charge in [-0.2, -0.15) is 0 Å². The van der Waals surface area contributed by atoms with Crippen LogP contribution in [0.4, 0.5) is 0 Å². The lowest BCUT2D eigenvalue weighted by atomic mass is 9.87. The molecule has 0 heterocycles. The van der Waals surface area contributed by atoms with Gasteiger partial charge in [-0.3, -0.25) is 4.72 Å². The predicted molar refractivity (Wildman–Crippen MR) is 73.9 cm³/mol. The van der Waals surface area contributed by atoms with Gasteiger partial charge in [-0.25, -0.2) is 0 Å². The third-order valence-corrected chi connectivity index (χ3v) is 3.42. The summed E-state index contributed by atoms with van der Waals surface area (Å²) in [6.45, 7) is 13.2. The number of benzene rings is 1. The van der Waals surface area contributed by atoms with E-state index in [0.717, 1.165) is 0 Å². The fraction of sp³-hybridized carbons (Fsp3) is 0.571. The molecule has 0 aliphatic rings. The Balaban J connectivity index is 2.66. The maximum absolute atomic E-state index is 3.41. The minimum absolute atomic E-state index is 0.146. The van der Waals surface area contributed by atoms with Gasteiger partial charge in [0.25, 0.3) is 0 Å². The van der Waals surface area contributed by atoms with Gasteiger partial charge in [0.1, 0.15) is 0 Å². The average Bonchev–Trinajstić information content (AvgIpc) is 2.13. The molecule has 0 aliphatic heterocycles. The molecule has 0 saturated carbocycles. The second-order valence-electron chi connectivity index (χ2n) is 6.23.